The van der Waals surface area contributed by atoms with E-state index < -0.39 is 11.7 Å². The number of piperidine rings is 1. The number of ether oxygens (including phenoxy) is 3. The van der Waals surface area contributed by atoms with Crippen LogP contribution in [0.25, 0.3) is 0 Å². The van der Waals surface area contributed by atoms with Crippen LogP contribution >= 0.6 is 0 Å². The average Bonchev–Trinajstić information content (AvgIpc) is 2.99. The largest absolute Gasteiger partial charge is 0.492 e. The average molecular weight is 376 g/mol. The molecular weight excluding hydrogens is 348 g/mol. The molecule has 2 aliphatic rings. The molecule has 0 aromatic heterocycles. The highest BCUT2D eigenvalue weighted by molar-refractivity contribution is 5.81. The number of amides is 2. The predicted octanol–water partition coefficient (Wildman–Crippen LogP) is 2.30. The first-order valence-corrected chi connectivity index (χ1v) is 9.54. The Morgan fingerprint density at radius 2 is 1.96 bits per heavy atom. The minimum absolute atomic E-state index is 0.0206. The van der Waals surface area contributed by atoms with Crippen LogP contribution in [0.2, 0.25) is 0 Å². The zero-order valence-corrected chi connectivity index (χ0v) is 16.1. The van der Waals surface area contributed by atoms with Crippen molar-refractivity contribution in [3.05, 3.63) is 30.3 Å². The third-order valence-corrected chi connectivity index (χ3v) is 5.33. The molecule has 0 N–H and O–H groups in total. The maximum atomic E-state index is 12.4. The molecule has 1 unspecified atom stereocenters. The van der Waals surface area contributed by atoms with Gasteiger partial charge in [0.2, 0.25) is 0 Å². The van der Waals surface area contributed by atoms with Crippen LogP contribution < -0.4 is 4.74 Å². The summed E-state index contributed by atoms with van der Waals surface area (Å²) in [5.41, 5.74) is -0.491. The Balaban J connectivity index is 1.48. The summed E-state index contributed by atoms with van der Waals surface area (Å²) in [5.74, 6) is 0.808. The first kappa shape index (κ1) is 19.5. The molecule has 0 radical (unpaired) electrons. The fourth-order valence-electron chi connectivity index (χ4n) is 3.70. The van der Waals surface area contributed by atoms with Crippen molar-refractivity contribution < 1.29 is 23.8 Å². The number of carbonyl (C=O) groups excluding carboxylic acids is 2. The number of benzene rings is 1. The van der Waals surface area contributed by atoms with Crippen molar-refractivity contribution in [3.8, 4) is 5.75 Å². The van der Waals surface area contributed by atoms with Crippen LogP contribution in [-0.4, -0.2) is 73.4 Å². The van der Waals surface area contributed by atoms with Gasteiger partial charge in [-0.2, -0.15) is 0 Å². The second-order valence-corrected chi connectivity index (χ2v) is 7.09. The monoisotopic (exact) mass is 376 g/mol. The summed E-state index contributed by atoms with van der Waals surface area (Å²) in [4.78, 5) is 28.2. The van der Waals surface area contributed by atoms with Gasteiger partial charge in [0.05, 0.1) is 13.1 Å². The van der Waals surface area contributed by atoms with Crippen LogP contribution in [0.1, 0.15) is 26.2 Å². The molecule has 1 aromatic rings. The lowest BCUT2D eigenvalue weighted by atomic mass is 9.91. The van der Waals surface area contributed by atoms with Gasteiger partial charge in [0.25, 0.3) is 5.91 Å². The van der Waals surface area contributed by atoms with Crippen molar-refractivity contribution in [3.63, 3.8) is 0 Å². The third kappa shape index (κ3) is 4.53. The summed E-state index contributed by atoms with van der Waals surface area (Å²) < 4.78 is 16.6. The van der Waals surface area contributed by atoms with Gasteiger partial charge in [-0.3, -0.25) is 4.79 Å². The van der Waals surface area contributed by atoms with Gasteiger partial charge >= 0.3 is 6.09 Å². The topological polar surface area (TPSA) is 68.3 Å². The Hall–Kier alpha value is -2.28. The Labute approximate surface area is 160 Å². The fourth-order valence-corrected chi connectivity index (χ4v) is 3.70. The van der Waals surface area contributed by atoms with E-state index in [1.165, 1.54) is 0 Å². The van der Waals surface area contributed by atoms with Crippen LogP contribution in [0, 0.1) is 0 Å². The number of hydrogen-bond donors (Lipinski definition) is 0. The molecule has 27 heavy (non-hydrogen) atoms. The highest BCUT2D eigenvalue weighted by Crippen LogP contribution is 2.33. The zero-order chi connectivity index (χ0) is 19.3. The van der Waals surface area contributed by atoms with Crippen molar-refractivity contribution in [2.75, 3.05) is 39.9 Å². The minimum Gasteiger partial charge on any atom is -0.492 e. The molecule has 2 saturated heterocycles. The van der Waals surface area contributed by atoms with Crippen molar-refractivity contribution in [2.24, 2.45) is 0 Å². The van der Waals surface area contributed by atoms with E-state index in [1.54, 1.807) is 12.0 Å². The summed E-state index contributed by atoms with van der Waals surface area (Å²) in [5, 5.41) is 0. The molecule has 0 saturated carbocycles. The second-order valence-electron chi connectivity index (χ2n) is 7.09. The molecule has 1 spiro atoms. The van der Waals surface area contributed by atoms with Gasteiger partial charge in [-0.05, 0) is 18.6 Å². The van der Waals surface area contributed by atoms with Gasteiger partial charge in [0, 0.05) is 33.0 Å². The van der Waals surface area contributed by atoms with E-state index in [0.29, 0.717) is 52.0 Å². The molecule has 1 atom stereocenters. The fraction of sp³-hybridized carbons (Fsp3) is 0.600. The summed E-state index contributed by atoms with van der Waals surface area (Å²) >= 11 is 0. The maximum absolute atomic E-state index is 12.4. The van der Waals surface area contributed by atoms with Gasteiger partial charge in [-0.25, -0.2) is 4.79 Å². The van der Waals surface area contributed by atoms with E-state index in [2.05, 4.69) is 0 Å². The molecule has 7 nitrogen and oxygen atoms in total. The molecule has 2 fully saturated rings. The van der Waals surface area contributed by atoms with Gasteiger partial charge < -0.3 is 24.0 Å². The van der Waals surface area contributed by atoms with E-state index in [-0.39, 0.29) is 12.0 Å². The first-order valence-electron chi connectivity index (χ1n) is 9.54. The molecular formula is C20H28N2O5. The number of likely N-dealkylation sites (tertiary alicyclic amines) is 1. The Kier molecular flexibility index (Phi) is 6.21. The number of carbonyl (C=O) groups is 2. The van der Waals surface area contributed by atoms with Crippen LogP contribution in [0.5, 0.6) is 5.75 Å². The molecule has 3 rings (SSSR count). The number of para-hydroxylation sites is 1. The number of hydrogen-bond acceptors (Lipinski definition) is 5. The Bertz CT molecular complexity index is 639. The van der Waals surface area contributed by atoms with Crippen LogP contribution in [0.4, 0.5) is 4.79 Å². The van der Waals surface area contributed by atoms with Gasteiger partial charge in [0.1, 0.15) is 24.1 Å². The molecule has 2 amide bonds. The van der Waals surface area contributed by atoms with Gasteiger partial charge in [-0.15, -0.1) is 0 Å². The Morgan fingerprint density at radius 1 is 1.26 bits per heavy atom. The summed E-state index contributed by atoms with van der Waals surface area (Å²) in [6.07, 6.45) is 1.27. The lowest BCUT2D eigenvalue weighted by Crippen LogP contribution is -2.51. The molecule has 1 aromatic carbocycles. The minimum atomic E-state index is -0.491. The predicted molar refractivity (Wildman–Crippen MR) is 99.6 cm³/mol. The second kappa shape index (κ2) is 8.61. The van der Waals surface area contributed by atoms with E-state index in [4.69, 9.17) is 14.2 Å². The van der Waals surface area contributed by atoms with Crippen molar-refractivity contribution in [1.29, 1.82) is 0 Å². The molecule has 0 aliphatic carbocycles. The van der Waals surface area contributed by atoms with Crippen LogP contribution in [-0.2, 0) is 14.3 Å². The normalized spacial score (nSPS) is 19.9. The van der Waals surface area contributed by atoms with Crippen molar-refractivity contribution in [1.82, 2.24) is 9.80 Å². The lowest BCUT2D eigenvalue weighted by Gasteiger charge is -2.38. The van der Waals surface area contributed by atoms with E-state index in [0.717, 1.165) is 5.75 Å². The number of rotatable bonds is 7. The summed E-state index contributed by atoms with van der Waals surface area (Å²) in [6, 6.07) is 9.54. The van der Waals surface area contributed by atoms with E-state index in [9.17, 15) is 9.59 Å². The molecule has 7 heteroatoms. The highest BCUT2D eigenvalue weighted by Gasteiger charge is 2.47. The van der Waals surface area contributed by atoms with Gasteiger partial charge in [-0.1, -0.05) is 25.1 Å². The van der Waals surface area contributed by atoms with Crippen LogP contribution in [0.15, 0.2) is 30.3 Å². The third-order valence-electron chi connectivity index (χ3n) is 5.33. The molecule has 2 heterocycles. The summed E-state index contributed by atoms with van der Waals surface area (Å²) in [6.45, 7) is 4.56. The SMILES string of the molecule is CCC(OC)C(=O)N1CCC2(CC1)CN(CCOc1ccccc1)C(=O)O2. The zero-order valence-electron chi connectivity index (χ0n) is 16.1. The molecule has 148 valence electrons. The summed E-state index contributed by atoms with van der Waals surface area (Å²) in [7, 11) is 1.56. The molecule has 0 bridgehead atoms. The molecule has 2 aliphatic heterocycles. The highest BCUT2D eigenvalue weighted by atomic mass is 16.6. The van der Waals surface area contributed by atoms with Gasteiger partial charge in [0.15, 0.2) is 0 Å². The first-order chi connectivity index (χ1) is 13.1. The number of nitrogens with zero attached hydrogens (tertiary/aromatic N) is 2. The lowest BCUT2D eigenvalue weighted by molar-refractivity contribution is -0.145. The smallest absolute Gasteiger partial charge is 0.410 e. The maximum Gasteiger partial charge on any atom is 0.410 e. The van der Waals surface area contributed by atoms with Crippen LogP contribution in [0.3, 0.4) is 0 Å². The Morgan fingerprint density at radius 3 is 2.59 bits per heavy atom. The quantitative estimate of drug-likeness (QED) is 0.730. The number of methoxy groups -OCH3 is 1. The van der Waals surface area contributed by atoms with Crippen molar-refractivity contribution in [2.45, 2.75) is 37.9 Å². The van der Waals surface area contributed by atoms with E-state index >= 15 is 0 Å². The van der Waals surface area contributed by atoms with Crippen molar-refractivity contribution >= 4 is 12.0 Å². The standard InChI is InChI=1S/C20H28N2O5/c1-3-17(25-2)18(23)21-11-9-20(10-12-21)15-22(19(24)27-20)13-14-26-16-7-5-4-6-8-16/h4-8,17H,3,9-15H2,1-2H3. The van der Waals surface area contributed by atoms with E-state index in [1.807, 2.05) is 42.2 Å².